The second-order valence-corrected chi connectivity index (χ2v) is 7.76. The number of hydrogen-bond donors (Lipinski definition) is 2. The zero-order valence-electron chi connectivity index (χ0n) is 18.0. The van der Waals surface area contributed by atoms with Crippen LogP contribution in [0.4, 0.5) is 10.5 Å². The lowest BCUT2D eigenvalue weighted by atomic mass is 10.1. The molecule has 0 aliphatic rings. The van der Waals surface area contributed by atoms with Gasteiger partial charge in [0.05, 0.1) is 6.54 Å². The molecule has 1 unspecified atom stereocenters. The van der Waals surface area contributed by atoms with Crippen LogP contribution in [0.1, 0.15) is 31.1 Å². The average molecular weight is 421 g/mol. The van der Waals surface area contributed by atoms with Crippen molar-refractivity contribution in [1.82, 2.24) is 4.90 Å². The van der Waals surface area contributed by atoms with Gasteiger partial charge in [-0.05, 0) is 44.4 Å². The number of fused-ring (bicyclic) bond motifs is 1. The highest BCUT2D eigenvalue weighted by Crippen LogP contribution is 2.25. The van der Waals surface area contributed by atoms with Crippen molar-refractivity contribution >= 4 is 28.3 Å². The van der Waals surface area contributed by atoms with Crippen LogP contribution in [0.25, 0.3) is 10.8 Å². The number of ether oxygens (including phenoxy) is 1. The Morgan fingerprint density at radius 2 is 1.74 bits per heavy atom. The van der Waals surface area contributed by atoms with Crippen LogP contribution in [0.5, 0.6) is 5.75 Å². The summed E-state index contributed by atoms with van der Waals surface area (Å²) < 4.78 is 5.86. The summed E-state index contributed by atoms with van der Waals surface area (Å²) in [6, 6.07) is 20.0. The number of aliphatic hydroxyl groups excluding tert-OH is 1. The molecule has 162 valence electrons. The average Bonchev–Trinajstić information content (AvgIpc) is 2.75. The van der Waals surface area contributed by atoms with Crippen LogP contribution in [-0.2, 0) is 0 Å². The van der Waals surface area contributed by atoms with Gasteiger partial charge in [0.2, 0.25) is 0 Å². The van der Waals surface area contributed by atoms with Crippen molar-refractivity contribution in [2.75, 3.05) is 18.5 Å². The normalized spacial score (nSPS) is 11.9. The number of hydrogen-bond acceptors (Lipinski definition) is 4. The second-order valence-electron chi connectivity index (χ2n) is 7.76. The highest BCUT2D eigenvalue weighted by atomic mass is 16.5. The van der Waals surface area contributed by atoms with E-state index in [4.69, 9.17) is 4.74 Å². The molecule has 3 aromatic rings. The summed E-state index contributed by atoms with van der Waals surface area (Å²) in [6.07, 6.45) is -0.865. The SMILES string of the molecule is CC(=O)c1cccc(NC(=O)N(CC(O)COc2cccc3ccccc23)C(C)C)c1. The van der Waals surface area contributed by atoms with Crippen LogP contribution in [0, 0.1) is 0 Å². The molecule has 3 aromatic carbocycles. The molecule has 0 aromatic heterocycles. The fourth-order valence-corrected chi connectivity index (χ4v) is 3.33. The number of urea groups is 1. The summed E-state index contributed by atoms with van der Waals surface area (Å²) >= 11 is 0. The van der Waals surface area contributed by atoms with Crippen LogP contribution in [-0.4, -0.2) is 47.1 Å². The topological polar surface area (TPSA) is 78.9 Å². The lowest BCUT2D eigenvalue weighted by molar-refractivity contribution is 0.0722. The van der Waals surface area contributed by atoms with Crippen molar-refractivity contribution in [3.8, 4) is 5.75 Å². The van der Waals surface area contributed by atoms with Gasteiger partial charge in [-0.2, -0.15) is 0 Å². The van der Waals surface area contributed by atoms with Gasteiger partial charge in [-0.25, -0.2) is 4.79 Å². The van der Waals surface area contributed by atoms with Crippen LogP contribution >= 0.6 is 0 Å². The molecule has 2 amide bonds. The van der Waals surface area contributed by atoms with Crippen molar-refractivity contribution in [3.05, 3.63) is 72.3 Å². The van der Waals surface area contributed by atoms with Crippen LogP contribution in [0.3, 0.4) is 0 Å². The first-order valence-electron chi connectivity index (χ1n) is 10.3. The largest absolute Gasteiger partial charge is 0.490 e. The minimum atomic E-state index is -0.865. The number of nitrogens with zero attached hydrogens (tertiary/aromatic N) is 1. The highest BCUT2D eigenvalue weighted by molar-refractivity contribution is 5.96. The van der Waals surface area contributed by atoms with Gasteiger partial charge in [-0.1, -0.05) is 48.5 Å². The molecule has 0 radical (unpaired) electrons. The number of anilines is 1. The molecule has 6 nitrogen and oxygen atoms in total. The van der Waals surface area contributed by atoms with E-state index >= 15 is 0 Å². The van der Waals surface area contributed by atoms with E-state index in [1.165, 1.54) is 11.8 Å². The number of amides is 2. The third-order valence-corrected chi connectivity index (χ3v) is 4.99. The van der Waals surface area contributed by atoms with E-state index in [1.807, 2.05) is 56.3 Å². The van der Waals surface area contributed by atoms with Crippen LogP contribution < -0.4 is 10.1 Å². The molecule has 0 aliphatic carbocycles. The molecule has 0 heterocycles. The van der Waals surface area contributed by atoms with E-state index in [-0.39, 0.29) is 31.0 Å². The van der Waals surface area contributed by atoms with Crippen LogP contribution in [0.15, 0.2) is 66.7 Å². The molecule has 2 N–H and O–H groups in total. The van der Waals surface area contributed by atoms with Crippen molar-refractivity contribution in [2.24, 2.45) is 0 Å². The Morgan fingerprint density at radius 1 is 1.03 bits per heavy atom. The number of ketones is 1. The van der Waals surface area contributed by atoms with Crippen molar-refractivity contribution in [3.63, 3.8) is 0 Å². The number of benzene rings is 3. The van der Waals surface area contributed by atoms with Gasteiger partial charge < -0.3 is 20.1 Å². The Labute approximate surface area is 182 Å². The maximum atomic E-state index is 12.8. The summed E-state index contributed by atoms with van der Waals surface area (Å²) in [4.78, 5) is 25.9. The van der Waals surface area contributed by atoms with Crippen LogP contribution in [0.2, 0.25) is 0 Å². The molecule has 6 heteroatoms. The summed E-state index contributed by atoms with van der Waals surface area (Å²) in [5, 5.41) is 15.4. The van der Waals surface area contributed by atoms with Gasteiger partial charge >= 0.3 is 6.03 Å². The predicted molar refractivity (Wildman–Crippen MR) is 123 cm³/mol. The quantitative estimate of drug-likeness (QED) is 0.517. The van der Waals surface area contributed by atoms with Crippen molar-refractivity contribution in [1.29, 1.82) is 0 Å². The number of Topliss-reactive ketones (excluding diaryl/α,β-unsaturated/α-hetero) is 1. The fraction of sp³-hybridized carbons (Fsp3) is 0.280. The minimum absolute atomic E-state index is 0.0599. The maximum Gasteiger partial charge on any atom is 0.322 e. The first-order valence-corrected chi connectivity index (χ1v) is 10.3. The molecule has 1 atom stereocenters. The third-order valence-electron chi connectivity index (χ3n) is 4.99. The smallest absolute Gasteiger partial charge is 0.322 e. The van der Waals surface area contributed by atoms with Gasteiger partial charge in [0, 0.05) is 22.7 Å². The van der Waals surface area contributed by atoms with Gasteiger partial charge in [-0.15, -0.1) is 0 Å². The fourth-order valence-electron chi connectivity index (χ4n) is 3.33. The number of carbonyl (C=O) groups is 2. The van der Waals surface area contributed by atoms with E-state index in [9.17, 15) is 14.7 Å². The van der Waals surface area contributed by atoms with E-state index in [1.54, 1.807) is 24.3 Å². The lowest BCUT2D eigenvalue weighted by Crippen LogP contribution is -2.45. The molecule has 0 bridgehead atoms. The summed E-state index contributed by atoms with van der Waals surface area (Å²) in [5.41, 5.74) is 1.06. The molecule has 31 heavy (non-hydrogen) atoms. The van der Waals surface area contributed by atoms with Gasteiger partial charge in [0.1, 0.15) is 18.5 Å². The molecular formula is C25H28N2O4. The number of carbonyl (C=O) groups excluding carboxylic acids is 2. The Hall–Kier alpha value is -3.38. The van der Waals surface area contributed by atoms with E-state index in [0.717, 1.165) is 10.8 Å². The number of nitrogens with one attached hydrogen (secondary N) is 1. The lowest BCUT2D eigenvalue weighted by Gasteiger charge is -2.29. The van der Waals surface area contributed by atoms with Gasteiger partial charge in [0.25, 0.3) is 0 Å². The standard InChI is InChI=1S/C25H28N2O4/c1-17(2)27(25(30)26-21-11-6-10-20(14-21)18(3)28)15-22(29)16-31-24-13-7-9-19-8-4-5-12-23(19)24/h4-14,17,22,29H,15-16H2,1-3H3,(H,26,30). The Morgan fingerprint density at radius 3 is 2.48 bits per heavy atom. The van der Waals surface area contributed by atoms with Gasteiger partial charge in [0.15, 0.2) is 5.78 Å². The maximum absolute atomic E-state index is 12.8. The summed E-state index contributed by atoms with van der Waals surface area (Å²) in [5.74, 6) is 0.622. The Balaban J connectivity index is 1.63. The predicted octanol–water partition coefficient (Wildman–Crippen LogP) is 4.72. The third kappa shape index (κ3) is 5.83. The molecular weight excluding hydrogens is 392 g/mol. The van der Waals surface area contributed by atoms with Crippen molar-refractivity contribution in [2.45, 2.75) is 32.9 Å². The first-order chi connectivity index (χ1) is 14.8. The number of aliphatic hydroxyl groups is 1. The Kier molecular flexibility index (Phi) is 7.26. The Bertz CT molecular complexity index is 1060. The molecule has 3 rings (SSSR count). The highest BCUT2D eigenvalue weighted by Gasteiger charge is 2.21. The molecule has 0 fully saturated rings. The zero-order valence-corrected chi connectivity index (χ0v) is 18.0. The zero-order chi connectivity index (χ0) is 22.4. The van der Waals surface area contributed by atoms with Gasteiger partial charge in [-0.3, -0.25) is 4.79 Å². The van der Waals surface area contributed by atoms with E-state index in [2.05, 4.69) is 5.32 Å². The van der Waals surface area contributed by atoms with Crippen molar-refractivity contribution < 1.29 is 19.4 Å². The minimum Gasteiger partial charge on any atom is -0.490 e. The first kappa shape index (κ1) is 22.3. The molecule has 0 saturated heterocycles. The molecule has 0 aliphatic heterocycles. The van der Waals surface area contributed by atoms with E-state index in [0.29, 0.717) is 17.0 Å². The molecule has 0 saturated carbocycles. The molecule has 0 spiro atoms. The number of rotatable bonds is 8. The summed E-state index contributed by atoms with van der Waals surface area (Å²) in [7, 11) is 0. The monoisotopic (exact) mass is 420 g/mol. The van der Waals surface area contributed by atoms with E-state index < -0.39 is 6.10 Å². The second kappa shape index (κ2) is 10.1. The summed E-state index contributed by atoms with van der Waals surface area (Å²) in [6.45, 7) is 5.41.